The number of ether oxygens (including phenoxy) is 1. The van der Waals surface area contributed by atoms with E-state index in [-0.39, 0.29) is 0 Å². The van der Waals surface area contributed by atoms with Gasteiger partial charge in [-0.15, -0.1) is 0 Å². The lowest BCUT2D eigenvalue weighted by molar-refractivity contribution is 0.134. The lowest BCUT2D eigenvalue weighted by Crippen LogP contribution is -1.98. The van der Waals surface area contributed by atoms with Gasteiger partial charge < -0.3 is 14.6 Å². The molecule has 0 saturated heterocycles. The van der Waals surface area contributed by atoms with E-state index < -0.39 is 11.2 Å². The molecule has 0 spiro atoms. The third-order valence-electron chi connectivity index (χ3n) is 6.25. The first-order valence-corrected chi connectivity index (χ1v) is 11.3. The molecule has 0 amide bonds. The van der Waals surface area contributed by atoms with Crippen molar-refractivity contribution < 1.29 is 9.29 Å². The number of benzene rings is 3. The predicted molar refractivity (Wildman–Crippen MR) is 114 cm³/mol. The number of fused-ring (bicyclic) bond motifs is 3. The second-order valence-electron chi connectivity index (χ2n) is 7.80. The van der Waals surface area contributed by atoms with Crippen molar-refractivity contribution in [2.75, 3.05) is 11.9 Å². The van der Waals surface area contributed by atoms with Crippen LogP contribution in [0.1, 0.15) is 27.8 Å². The monoisotopic (exact) mass is 387 g/mol. The highest BCUT2D eigenvalue weighted by Gasteiger charge is 2.31. The maximum absolute atomic E-state index is 12.6. The minimum Gasteiger partial charge on any atom is -0.616 e. The molecule has 1 unspecified atom stereocenters. The van der Waals surface area contributed by atoms with Crippen molar-refractivity contribution in [2.24, 2.45) is 0 Å². The van der Waals surface area contributed by atoms with Crippen molar-refractivity contribution >= 4 is 16.9 Å². The molecule has 4 heteroatoms. The molecule has 3 aromatic rings. The molecule has 1 atom stereocenters. The van der Waals surface area contributed by atoms with Crippen LogP contribution < -0.4 is 5.32 Å². The average Bonchev–Trinajstić information content (AvgIpc) is 3.44. The first-order chi connectivity index (χ1) is 13.8. The van der Waals surface area contributed by atoms with Crippen LogP contribution in [0.25, 0.3) is 22.3 Å². The van der Waals surface area contributed by atoms with Crippen LogP contribution in [0.2, 0.25) is 0 Å². The average molecular weight is 388 g/mol. The van der Waals surface area contributed by atoms with E-state index in [2.05, 4.69) is 53.8 Å². The zero-order valence-electron chi connectivity index (χ0n) is 15.6. The number of hydrogen-bond acceptors (Lipinski definition) is 3. The van der Waals surface area contributed by atoms with E-state index in [1.807, 2.05) is 0 Å². The Bertz CT molecular complexity index is 1020. The second-order valence-corrected chi connectivity index (χ2v) is 9.26. The molecule has 6 rings (SSSR count). The topological polar surface area (TPSA) is 44.3 Å². The maximum Gasteiger partial charge on any atom is 0.132 e. The summed E-state index contributed by atoms with van der Waals surface area (Å²) in [7, 11) is 0. The zero-order valence-corrected chi connectivity index (χ0v) is 16.4. The molecule has 0 fully saturated rings. The van der Waals surface area contributed by atoms with Crippen molar-refractivity contribution in [3.8, 4) is 22.3 Å². The van der Waals surface area contributed by atoms with Crippen molar-refractivity contribution in [2.45, 2.75) is 31.1 Å². The van der Waals surface area contributed by atoms with Crippen LogP contribution >= 0.6 is 0 Å². The SMILES string of the molecule is [O-][S+]1Cc2c(-c3cccc4c3COC4)ccc(-c3cccc4c3NCC4)c2C1. The summed E-state index contributed by atoms with van der Waals surface area (Å²) >= 11 is -0.836. The molecular weight excluding hydrogens is 366 g/mol. The molecule has 0 radical (unpaired) electrons. The number of hydrogen-bond donors (Lipinski definition) is 1. The third-order valence-corrected chi connectivity index (χ3v) is 7.47. The molecule has 3 aliphatic rings. The van der Waals surface area contributed by atoms with E-state index >= 15 is 0 Å². The minimum absolute atomic E-state index is 0.644. The fraction of sp³-hybridized carbons (Fsp3) is 0.250. The second kappa shape index (κ2) is 6.38. The van der Waals surface area contributed by atoms with Crippen LogP contribution in [0.3, 0.4) is 0 Å². The van der Waals surface area contributed by atoms with Crippen LogP contribution in [0.5, 0.6) is 0 Å². The molecular formula is C24H21NO2S. The highest BCUT2D eigenvalue weighted by Crippen LogP contribution is 2.44. The summed E-state index contributed by atoms with van der Waals surface area (Å²) in [5.41, 5.74) is 12.7. The van der Waals surface area contributed by atoms with Gasteiger partial charge in [-0.2, -0.15) is 0 Å². The van der Waals surface area contributed by atoms with Gasteiger partial charge >= 0.3 is 0 Å². The Labute approximate surface area is 167 Å². The molecule has 3 nitrogen and oxygen atoms in total. The van der Waals surface area contributed by atoms with Crippen LogP contribution in [0, 0.1) is 0 Å². The summed E-state index contributed by atoms with van der Waals surface area (Å²) in [4.78, 5) is 0. The first-order valence-electron chi connectivity index (χ1n) is 9.84. The number of para-hydroxylation sites is 1. The summed E-state index contributed by atoms with van der Waals surface area (Å²) < 4.78 is 18.3. The van der Waals surface area contributed by atoms with Crippen LogP contribution in [-0.4, -0.2) is 11.1 Å². The molecule has 3 aliphatic heterocycles. The first kappa shape index (κ1) is 16.7. The fourth-order valence-corrected chi connectivity index (χ4v) is 6.33. The van der Waals surface area contributed by atoms with Gasteiger partial charge in [-0.25, -0.2) is 0 Å². The summed E-state index contributed by atoms with van der Waals surface area (Å²) in [6.07, 6.45) is 1.07. The summed E-state index contributed by atoms with van der Waals surface area (Å²) in [5, 5.41) is 3.56. The third kappa shape index (κ3) is 2.45. The molecule has 1 N–H and O–H groups in total. The van der Waals surface area contributed by atoms with E-state index in [4.69, 9.17) is 4.74 Å². The van der Waals surface area contributed by atoms with Gasteiger partial charge in [0.2, 0.25) is 0 Å². The Hall–Kier alpha value is -2.27. The minimum atomic E-state index is -0.836. The van der Waals surface area contributed by atoms with Gasteiger partial charge in [0.05, 0.1) is 13.2 Å². The van der Waals surface area contributed by atoms with Gasteiger partial charge in [0, 0.05) is 28.9 Å². The molecule has 0 aliphatic carbocycles. The fourth-order valence-electron chi connectivity index (χ4n) is 4.92. The van der Waals surface area contributed by atoms with Gasteiger partial charge in [0.25, 0.3) is 0 Å². The Morgan fingerprint density at radius 2 is 1.43 bits per heavy atom. The number of rotatable bonds is 2. The van der Waals surface area contributed by atoms with E-state index in [1.165, 1.54) is 55.8 Å². The number of nitrogens with one attached hydrogen (secondary N) is 1. The summed E-state index contributed by atoms with van der Waals surface area (Å²) in [5.74, 6) is 1.29. The van der Waals surface area contributed by atoms with E-state index in [1.54, 1.807) is 0 Å². The van der Waals surface area contributed by atoms with E-state index in [9.17, 15) is 4.55 Å². The van der Waals surface area contributed by atoms with Gasteiger partial charge in [0.15, 0.2) is 0 Å². The molecule has 0 aromatic heterocycles. The van der Waals surface area contributed by atoms with Gasteiger partial charge in [-0.3, -0.25) is 0 Å². The highest BCUT2D eigenvalue weighted by molar-refractivity contribution is 7.90. The summed E-state index contributed by atoms with van der Waals surface area (Å²) in [6, 6.07) is 17.5. The van der Waals surface area contributed by atoms with Crippen molar-refractivity contribution in [3.05, 3.63) is 76.3 Å². The maximum atomic E-state index is 12.6. The molecule has 28 heavy (non-hydrogen) atoms. The van der Waals surface area contributed by atoms with Gasteiger partial charge in [-0.1, -0.05) is 48.5 Å². The lowest BCUT2D eigenvalue weighted by atomic mass is 9.87. The van der Waals surface area contributed by atoms with Crippen molar-refractivity contribution in [1.29, 1.82) is 0 Å². The van der Waals surface area contributed by atoms with Crippen molar-refractivity contribution in [3.63, 3.8) is 0 Å². The Kier molecular flexibility index (Phi) is 3.80. The van der Waals surface area contributed by atoms with Crippen LogP contribution in [-0.2, 0) is 47.1 Å². The smallest absolute Gasteiger partial charge is 0.132 e. The van der Waals surface area contributed by atoms with Crippen LogP contribution in [0.15, 0.2) is 48.5 Å². The largest absolute Gasteiger partial charge is 0.616 e. The summed E-state index contributed by atoms with van der Waals surface area (Å²) in [6.45, 7) is 2.35. The van der Waals surface area contributed by atoms with E-state index in [0.29, 0.717) is 24.7 Å². The predicted octanol–water partition coefficient (Wildman–Crippen LogP) is 4.78. The standard InChI is InChI=1S/C24H21NO2S/c26-28-13-22-18(17-5-2-4-16-11-27-12-21(16)17)7-8-19(23(22)14-28)20-6-1-3-15-9-10-25-24(15)20/h1-8,25H,9-14H2. The molecule has 0 bridgehead atoms. The quantitative estimate of drug-likeness (QED) is 0.644. The van der Waals surface area contributed by atoms with E-state index in [0.717, 1.165) is 13.0 Å². The Balaban J connectivity index is 1.56. The highest BCUT2D eigenvalue weighted by atomic mass is 32.2. The normalized spacial score (nSPS) is 19.2. The molecule has 0 saturated carbocycles. The van der Waals surface area contributed by atoms with Crippen molar-refractivity contribution in [1.82, 2.24) is 0 Å². The van der Waals surface area contributed by atoms with Crippen LogP contribution in [0.4, 0.5) is 5.69 Å². The Morgan fingerprint density at radius 1 is 0.750 bits per heavy atom. The zero-order chi connectivity index (χ0) is 18.7. The Morgan fingerprint density at radius 3 is 2.25 bits per heavy atom. The van der Waals surface area contributed by atoms with Gasteiger partial charge in [-0.05, 0) is 51.0 Å². The lowest BCUT2D eigenvalue weighted by Gasteiger charge is -2.16. The number of anilines is 1. The molecule has 3 aromatic carbocycles. The molecule has 3 heterocycles. The van der Waals surface area contributed by atoms with Gasteiger partial charge in [0.1, 0.15) is 11.5 Å². The molecule has 140 valence electrons.